The van der Waals surface area contributed by atoms with Gasteiger partial charge >= 0.3 is 0 Å². The molecule has 0 spiro atoms. The first-order valence-corrected chi connectivity index (χ1v) is 10.8. The summed E-state index contributed by atoms with van der Waals surface area (Å²) >= 11 is 0. The average molecular weight is 418 g/mol. The van der Waals surface area contributed by atoms with Crippen LogP contribution in [-0.4, -0.2) is 42.6 Å². The Morgan fingerprint density at radius 2 is 2.00 bits per heavy atom. The van der Waals surface area contributed by atoms with Crippen molar-refractivity contribution in [3.8, 4) is 11.1 Å². The van der Waals surface area contributed by atoms with Crippen molar-refractivity contribution in [1.29, 1.82) is 0 Å². The molecule has 1 aliphatic rings. The van der Waals surface area contributed by atoms with Gasteiger partial charge in [0.05, 0.1) is 12.3 Å². The Morgan fingerprint density at radius 3 is 2.77 bits per heavy atom. The molecule has 4 aromatic rings. The largest absolute Gasteiger partial charge is 0.381 e. The van der Waals surface area contributed by atoms with Gasteiger partial charge in [0.1, 0.15) is 17.5 Å². The van der Waals surface area contributed by atoms with Crippen molar-refractivity contribution in [2.75, 3.05) is 12.4 Å². The lowest BCUT2D eigenvalue weighted by Crippen LogP contribution is -2.16. The minimum absolute atomic E-state index is 0.188. The van der Waals surface area contributed by atoms with Crippen LogP contribution in [0.4, 0.5) is 11.6 Å². The minimum atomic E-state index is 0.188. The fourth-order valence-electron chi connectivity index (χ4n) is 3.90. The van der Waals surface area contributed by atoms with Crippen LogP contribution in [0.3, 0.4) is 0 Å². The van der Waals surface area contributed by atoms with Gasteiger partial charge in [0.25, 0.3) is 0 Å². The van der Waals surface area contributed by atoms with E-state index in [0.29, 0.717) is 0 Å². The van der Waals surface area contributed by atoms with Gasteiger partial charge in [0, 0.05) is 39.0 Å². The summed E-state index contributed by atoms with van der Waals surface area (Å²) in [5.74, 6) is 3.50. The standard InChI is InChI=1S/C23H27N7O/c1-29-21(8-11-25-29)26-20-13-17(7-10-24-20)18-9-12-30-22(14-18)27-28-23(30)15-19(31-2)6-5-16-3-4-16/h7-14,16,19H,3-6,15H2,1-2H3,(H,24,26). The van der Waals surface area contributed by atoms with Crippen LogP contribution >= 0.6 is 0 Å². The molecule has 1 unspecified atom stereocenters. The number of fused-ring (bicyclic) bond motifs is 1. The molecule has 31 heavy (non-hydrogen) atoms. The molecule has 0 amide bonds. The highest BCUT2D eigenvalue weighted by atomic mass is 16.5. The second-order valence-corrected chi connectivity index (χ2v) is 8.24. The Labute approximate surface area is 181 Å². The maximum Gasteiger partial charge on any atom is 0.161 e. The molecular formula is C23H27N7O. The van der Waals surface area contributed by atoms with Crippen molar-refractivity contribution >= 4 is 17.3 Å². The van der Waals surface area contributed by atoms with Gasteiger partial charge in [-0.25, -0.2) is 4.98 Å². The van der Waals surface area contributed by atoms with E-state index >= 15 is 0 Å². The summed E-state index contributed by atoms with van der Waals surface area (Å²) in [6.07, 6.45) is 11.6. The van der Waals surface area contributed by atoms with Gasteiger partial charge in [0.2, 0.25) is 0 Å². The summed E-state index contributed by atoms with van der Waals surface area (Å²) in [7, 11) is 3.68. The SMILES string of the molecule is COC(CCC1CC1)Cc1nnc2cc(-c3ccnc(Nc4ccnn4C)c3)ccn12. The average Bonchev–Trinajstić information content (AvgIpc) is 3.42. The van der Waals surface area contributed by atoms with E-state index in [0.717, 1.165) is 53.0 Å². The summed E-state index contributed by atoms with van der Waals surface area (Å²) in [5, 5.41) is 16.3. The van der Waals surface area contributed by atoms with E-state index in [2.05, 4.69) is 42.1 Å². The van der Waals surface area contributed by atoms with E-state index in [1.165, 1.54) is 19.3 Å². The molecule has 4 aromatic heterocycles. The first-order valence-electron chi connectivity index (χ1n) is 10.8. The molecular weight excluding hydrogens is 390 g/mol. The van der Waals surface area contributed by atoms with Crippen LogP contribution in [0.25, 0.3) is 16.8 Å². The van der Waals surface area contributed by atoms with E-state index in [1.807, 2.05) is 31.4 Å². The molecule has 1 atom stereocenters. The maximum atomic E-state index is 5.71. The molecule has 1 aliphatic carbocycles. The quantitative estimate of drug-likeness (QED) is 0.443. The molecule has 1 N–H and O–H groups in total. The fourth-order valence-corrected chi connectivity index (χ4v) is 3.90. The van der Waals surface area contributed by atoms with E-state index in [4.69, 9.17) is 4.74 Å². The number of methoxy groups -OCH3 is 1. The number of hydrogen-bond acceptors (Lipinski definition) is 6. The van der Waals surface area contributed by atoms with Crippen molar-refractivity contribution in [2.45, 2.75) is 38.2 Å². The summed E-state index contributed by atoms with van der Waals surface area (Å²) in [4.78, 5) is 4.42. The number of hydrogen-bond donors (Lipinski definition) is 1. The normalized spacial score (nSPS) is 14.8. The molecule has 1 fully saturated rings. The number of anilines is 2. The molecule has 160 valence electrons. The van der Waals surface area contributed by atoms with Crippen LogP contribution in [-0.2, 0) is 18.2 Å². The highest BCUT2D eigenvalue weighted by Crippen LogP contribution is 2.34. The fraction of sp³-hybridized carbons (Fsp3) is 0.391. The highest BCUT2D eigenvalue weighted by molar-refractivity contribution is 5.70. The van der Waals surface area contributed by atoms with E-state index in [-0.39, 0.29) is 6.10 Å². The molecule has 1 saturated carbocycles. The van der Waals surface area contributed by atoms with Crippen molar-refractivity contribution < 1.29 is 4.74 Å². The summed E-state index contributed by atoms with van der Waals surface area (Å²) in [5.41, 5.74) is 2.97. The first-order chi connectivity index (χ1) is 15.2. The Balaban J connectivity index is 1.34. The molecule has 0 bridgehead atoms. The third-order valence-electron chi connectivity index (χ3n) is 5.99. The van der Waals surface area contributed by atoms with Crippen LogP contribution in [0.5, 0.6) is 0 Å². The van der Waals surface area contributed by atoms with Crippen LogP contribution in [0, 0.1) is 5.92 Å². The molecule has 8 nitrogen and oxygen atoms in total. The molecule has 0 saturated heterocycles. The predicted octanol–water partition coefficient (Wildman–Crippen LogP) is 4.02. The Kier molecular flexibility index (Phi) is 5.38. The van der Waals surface area contributed by atoms with Gasteiger partial charge in [-0.1, -0.05) is 12.8 Å². The number of rotatable bonds is 9. The second-order valence-electron chi connectivity index (χ2n) is 8.24. The van der Waals surface area contributed by atoms with Crippen molar-refractivity contribution in [3.63, 3.8) is 0 Å². The van der Waals surface area contributed by atoms with Crippen LogP contribution in [0.15, 0.2) is 48.9 Å². The molecule has 4 heterocycles. The topological polar surface area (TPSA) is 82.2 Å². The summed E-state index contributed by atoms with van der Waals surface area (Å²) in [6.45, 7) is 0. The number of aryl methyl sites for hydroxylation is 1. The maximum absolute atomic E-state index is 5.71. The lowest BCUT2D eigenvalue weighted by atomic mass is 10.1. The van der Waals surface area contributed by atoms with E-state index in [1.54, 1.807) is 24.2 Å². The van der Waals surface area contributed by atoms with Crippen LogP contribution in [0.1, 0.15) is 31.5 Å². The van der Waals surface area contributed by atoms with Gasteiger partial charge in [-0.05, 0) is 54.2 Å². The lowest BCUT2D eigenvalue weighted by molar-refractivity contribution is 0.0905. The number of aromatic nitrogens is 6. The third-order valence-corrected chi connectivity index (χ3v) is 5.99. The number of nitrogens with one attached hydrogen (secondary N) is 1. The van der Waals surface area contributed by atoms with Gasteiger partial charge in [-0.3, -0.25) is 9.08 Å². The number of nitrogens with zero attached hydrogens (tertiary/aromatic N) is 6. The zero-order valence-corrected chi connectivity index (χ0v) is 17.9. The van der Waals surface area contributed by atoms with Crippen LogP contribution in [0.2, 0.25) is 0 Å². The minimum Gasteiger partial charge on any atom is -0.381 e. The predicted molar refractivity (Wildman–Crippen MR) is 119 cm³/mol. The monoisotopic (exact) mass is 417 g/mol. The second kappa shape index (κ2) is 8.47. The highest BCUT2D eigenvalue weighted by Gasteiger charge is 2.23. The zero-order chi connectivity index (χ0) is 21.2. The molecule has 5 rings (SSSR count). The molecule has 0 aromatic carbocycles. The van der Waals surface area contributed by atoms with Gasteiger partial charge in [0.15, 0.2) is 5.65 Å². The number of pyridine rings is 2. The molecule has 0 aliphatic heterocycles. The lowest BCUT2D eigenvalue weighted by Gasteiger charge is -2.14. The van der Waals surface area contributed by atoms with E-state index < -0.39 is 0 Å². The van der Waals surface area contributed by atoms with Crippen LogP contribution < -0.4 is 5.32 Å². The van der Waals surface area contributed by atoms with Gasteiger partial charge in [-0.15, -0.1) is 10.2 Å². The third kappa shape index (κ3) is 4.44. The Bertz CT molecular complexity index is 1180. The zero-order valence-electron chi connectivity index (χ0n) is 17.9. The smallest absolute Gasteiger partial charge is 0.161 e. The number of ether oxygens (including phenoxy) is 1. The van der Waals surface area contributed by atoms with Crippen molar-refractivity contribution in [2.24, 2.45) is 13.0 Å². The van der Waals surface area contributed by atoms with Crippen molar-refractivity contribution in [1.82, 2.24) is 29.4 Å². The summed E-state index contributed by atoms with van der Waals surface area (Å²) < 4.78 is 9.54. The molecule has 0 radical (unpaired) electrons. The molecule has 8 heteroatoms. The first kappa shape index (κ1) is 19.7. The Morgan fingerprint density at radius 1 is 1.13 bits per heavy atom. The van der Waals surface area contributed by atoms with Gasteiger partial charge < -0.3 is 10.1 Å². The van der Waals surface area contributed by atoms with Gasteiger partial charge in [-0.2, -0.15) is 5.10 Å². The summed E-state index contributed by atoms with van der Waals surface area (Å²) in [6, 6.07) is 10.1. The Hall–Kier alpha value is -3.26. The van der Waals surface area contributed by atoms with E-state index in [9.17, 15) is 0 Å². The van der Waals surface area contributed by atoms with Crippen molar-refractivity contribution in [3.05, 3.63) is 54.7 Å².